The molecule has 1 atom stereocenters. The predicted molar refractivity (Wildman–Crippen MR) is 110 cm³/mol. The Morgan fingerprint density at radius 3 is 2.22 bits per heavy atom. The van der Waals surface area contributed by atoms with Crippen molar-refractivity contribution in [2.45, 2.75) is 65.0 Å². The fourth-order valence-electron chi connectivity index (χ4n) is 3.47. The molecule has 1 nitrogen and oxygen atoms in total. The summed E-state index contributed by atoms with van der Waals surface area (Å²) >= 11 is 1.96. The molecule has 3 heteroatoms. The number of para-hydroxylation sites is 1. The van der Waals surface area contributed by atoms with Gasteiger partial charge in [-0.3, -0.25) is 0 Å². The van der Waals surface area contributed by atoms with Crippen LogP contribution in [-0.4, -0.2) is 24.0 Å². The molecular formula is C20H33NPS+. The van der Waals surface area contributed by atoms with Gasteiger partial charge < -0.3 is 0 Å². The van der Waals surface area contributed by atoms with Crippen LogP contribution in [0.25, 0.3) is 10.2 Å². The molecule has 0 fully saturated rings. The van der Waals surface area contributed by atoms with E-state index in [9.17, 15) is 0 Å². The van der Waals surface area contributed by atoms with Gasteiger partial charge in [-0.1, -0.05) is 52.2 Å². The quantitative estimate of drug-likeness (QED) is 0.407. The number of unbranched alkanes of at least 4 members (excludes halogenated alkanes) is 2. The summed E-state index contributed by atoms with van der Waals surface area (Å²) in [4.78, 5) is 5.06. The summed E-state index contributed by atoms with van der Waals surface area (Å²) in [6, 6.07) is 8.66. The highest BCUT2D eigenvalue weighted by Crippen LogP contribution is 2.69. The van der Waals surface area contributed by atoms with Gasteiger partial charge in [-0.05, 0) is 31.4 Å². The molecule has 1 heterocycles. The molecule has 0 amide bonds. The maximum atomic E-state index is 5.06. The highest BCUT2D eigenvalue weighted by atomic mass is 32.1. The van der Waals surface area contributed by atoms with Gasteiger partial charge in [0, 0.05) is 13.9 Å². The molecule has 2 aromatic rings. The Balaban J connectivity index is 2.35. The fraction of sp³-hybridized carbons (Fsp3) is 0.650. The molecule has 0 saturated carbocycles. The molecule has 2 rings (SSSR count). The van der Waals surface area contributed by atoms with Crippen LogP contribution >= 0.6 is 18.6 Å². The number of fused-ring (bicyclic) bond motifs is 1. The van der Waals surface area contributed by atoms with E-state index in [-0.39, 0.29) is 0 Å². The SMILES string of the molecule is CCCC[P+](C)(CCCC)C(CCC)c1nc2ccccc2s1. The van der Waals surface area contributed by atoms with Crippen molar-refractivity contribution in [2.75, 3.05) is 19.0 Å². The second kappa shape index (κ2) is 9.14. The first-order valence-electron chi connectivity index (χ1n) is 9.34. The molecule has 0 bridgehead atoms. The van der Waals surface area contributed by atoms with Crippen LogP contribution < -0.4 is 0 Å². The zero-order valence-electron chi connectivity index (χ0n) is 15.3. The largest absolute Gasteiger partial charge is 0.237 e. The first-order valence-corrected chi connectivity index (χ1v) is 12.8. The minimum absolute atomic E-state index is 0.725. The zero-order chi connectivity index (χ0) is 16.7. The van der Waals surface area contributed by atoms with Crippen molar-refractivity contribution in [3.8, 4) is 0 Å². The summed E-state index contributed by atoms with van der Waals surface area (Å²) in [6.45, 7) is 9.64. The molecule has 0 aliphatic rings. The number of benzene rings is 1. The van der Waals surface area contributed by atoms with E-state index in [4.69, 9.17) is 4.98 Å². The van der Waals surface area contributed by atoms with Gasteiger partial charge in [0.2, 0.25) is 0 Å². The lowest BCUT2D eigenvalue weighted by molar-refractivity contribution is 0.743. The van der Waals surface area contributed by atoms with E-state index in [1.807, 2.05) is 11.3 Å². The lowest BCUT2D eigenvalue weighted by Crippen LogP contribution is -2.12. The van der Waals surface area contributed by atoms with Crippen molar-refractivity contribution in [2.24, 2.45) is 0 Å². The number of hydrogen-bond donors (Lipinski definition) is 0. The third-order valence-corrected chi connectivity index (χ3v) is 11.0. The van der Waals surface area contributed by atoms with Gasteiger partial charge in [-0.2, -0.15) is 0 Å². The molecule has 0 aliphatic carbocycles. The van der Waals surface area contributed by atoms with Crippen LogP contribution in [0.3, 0.4) is 0 Å². The van der Waals surface area contributed by atoms with Crippen LogP contribution in [0.15, 0.2) is 24.3 Å². The van der Waals surface area contributed by atoms with Gasteiger partial charge in [0.25, 0.3) is 0 Å². The molecule has 1 aromatic carbocycles. The van der Waals surface area contributed by atoms with Crippen molar-refractivity contribution in [1.82, 2.24) is 4.98 Å². The maximum Gasteiger partial charge on any atom is 0.134 e. The molecule has 0 saturated heterocycles. The zero-order valence-corrected chi connectivity index (χ0v) is 17.1. The minimum Gasteiger partial charge on any atom is -0.237 e. The Hall–Kier alpha value is -0.460. The average Bonchev–Trinajstić information content (AvgIpc) is 2.99. The third kappa shape index (κ3) is 4.77. The molecule has 23 heavy (non-hydrogen) atoms. The number of nitrogens with zero attached hydrogens (tertiary/aromatic N) is 1. The van der Waals surface area contributed by atoms with Gasteiger partial charge in [0.1, 0.15) is 10.7 Å². The first-order chi connectivity index (χ1) is 11.1. The molecule has 1 unspecified atom stereocenters. The van der Waals surface area contributed by atoms with Crippen molar-refractivity contribution >= 4 is 28.8 Å². The van der Waals surface area contributed by atoms with E-state index in [1.54, 1.807) is 0 Å². The van der Waals surface area contributed by atoms with E-state index >= 15 is 0 Å². The Labute approximate surface area is 147 Å². The summed E-state index contributed by atoms with van der Waals surface area (Å²) in [6.07, 6.45) is 10.9. The second-order valence-electron chi connectivity index (χ2n) is 6.96. The summed E-state index contributed by atoms with van der Waals surface area (Å²) in [5.41, 5.74) is 1.93. The van der Waals surface area contributed by atoms with E-state index in [2.05, 4.69) is 51.7 Å². The van der Waals surface area contributed by atoms with Crippen LogP contribution in [0, 0.1) is 0 Å². The summed E-state index contributed by atoms with van der Waals surface area (Å²) in [7, 11) is -0.958. The number of rotatable bonds is 10. The molecule has 1 aromatic heterocycles. The topological polar surface area (TPSA) is 12.9 Å². The highest BCUT2D eigenvalue weighted by molar-refractivity contribution is 7.75. The van der Waals surface area contributed by atoms with Gasteiger partial charge in [0.05, 0.1) is 22.5 Å². The Kier molecular flexibility index (Phi) is 7.50. The van der Waals surface area contributed by atoms with E-state index < -0.39 is 7.26 Å². The van der Waals surface area contributed by atoms with Crippen molar-refractivity contribution in [3.63, 3.8) is 0 Å². The third-order valence-electron chi connectivity index (χ3n) is 4.96. The monoisotopic (exact) mass is 350 g/mol. The van der Waals surface area contributed by atoms with Crippen molar-refractivity contribution < 1.29 is 0 Å². The Morgan fingerprint density at radius 2 is 1.65 bits per heavy atom. The van der Waals surface area contributed by atoms with E-state index in [0.717, 1.165) is 5.66 Å². The van der Waals surface area contributed by atoms with Crippen molar-refractivity contribution in [1.29, 1.82) is 0 Å². The van der Waals surface area contributed by atoms with Gasteiger partial charge >= 0.3 is 0 Å². The Bertz CT molecular complexity index is 551. The average molecular weight is 351 g/mol. The standard InChI is InChI=1S/C20H33NPS/c1-5-8-15-22(4,16-9-6-2)18(12-7-3)20-21-17-13-10-11-14-19(17)23-20/h10-11,13-14,18H,5-9,12,15-16H2,1-4H3/q+1. The van der Waals surface area contributed by atoms with Crippen LogP contribution in [0.1, 0.15) is 70.0 Å². The van der Waals surface area contributed by atoms with Gasteiger partial charge in [-0.25, -0.2) is 4.98 Å². The predicted octanol–water partition coefficient (Wildman–Crippen LogP) is 7.39. The van der Waals surface area contributed by atoms with Gasteiger partial charge in [-0.15, -0.1) is 11.3 Å². The summed E-state index contributed by atoms with van der Waals surface area (Å²) in [5, 5.41) is 1.43. The number of aromatic nitrogens is 1. The highest BCUT2D eigenvalue weighted by Gasteiger charge is 2.42. The molecule has 128 valence electrons. The van der Waals surface area contributed by atoms with Gasteiger partial charge in [0.15, 0.2) is 0 Å². The van der Waals surface area contributed by atoms with Crippen LogP contribution in [0.4, 0.5) is 0 Å². The Morgan fingerprint density at radius 1 is 1.00 bits per heavy atom. The second-order valence-corrected chi connectivity index (χ2v) is 12.5. The smallest absolute Gasteiger partial charge is 0.134 e. The van der Waals surface area contributed by atoms with Crippen LogP contribution in [0.2, 0.25) is 0 Å². The molecule has 0 radical (unpaired) electrons. The normalized spacial score (nSPS) is 13.6. The molecule has 0 spiro atoms. The minimum atomic E-state index is -0.958. The lowest BCUT2D eigenvalue weighted by Gasteiger charge is -2.30. The number of thiazole rings is 1. The lowest BCUT2D eigenvalue weighted by atomic mass is 10.2. The first kappa shape index (κ1) is 18.9. The summed E-state index contributed by atoms with van der Waals surface area (Å²) < 4.78 is 1.36. The molecular weight excluding hydrogens is 317 g/mol. The maximum absolute atomic E-state index is 5.06. The molecule has 0 N–H and O–H groups in total. The summed E-state index contributed by atoms with van der Waals surface area (Å²) in [5.74, 6) is 0. The number of hydrogen-bond acceptors (Lipinski definition) is 2. The van der Waals surface area contributed by atoms with Crippen LogP contribution in [0.5, 0.6) is 0 Å². The van der Waals surface area contributed by atoms with E-state index in [0.29, 0.717) is 0 Å². The molecule has 0 aliphatic heterocycles. The van der Waals surface area contributed by atoms with E-state index in [1.165, 1.54) is 66.1 Å². The van der Waals surface area contributed by atoms with Crippen LogP contribution in [-0.2, 0) is 0 Å². The van der Waals surface area contributed by atoms with Crippen molar-refractivity contribution in [3.05, 3.63) is 29.3 Å². The fourth-order valence-corrected chi connectivity index (χ4v) is 9.78.